The van der Waals surface area contributed by atoms with Crippen molar-refractivity contribution in [3.63, 3.8) is 0 Å². The van der Waals surface area contributed by atoms with Gasteiger partial charge in [-0.05, 0) is 41.9 Å². The van der Waals surface area contributed by atoms with E-state index in [1.54, 1.807) is 18.2 Å². The molecule has 1 aromatic rings. The minimum Gasteiger partial charge on any atom is -0.354 e. The number of amides is 2. The van der Waals surface area contributed by atoms with Gasteiger partial charge in [-0.3, -0.25) is 14.4 Å². The summed E-state index contributed by atoms with van der Waals surface area (Å²) < 4.78 is 0.679. The Morgan fingerprint density at radius 1 is 1.35 bits per heavy atom. The Bertz CT molecular complexity index is 584. The molecule has 0 aromatic heterocycles. The van der Waals surface area contributed by atoms with E-state index < -0.39 is 11.7 Å². The number of ketones is 1. The van der Waals surface area contributed by atoms with Gasteiger partial charge >= 0.3 is 0 Å². The summed E-state index contributed by atoms with van der Waals surface area (Å²) in [5.74, 6) is -1.24. The fourth-order valence-corrected chi connectivity index (χ4v) is 2.71. The third-order valence-corrected chi connectivity index (χ3v) is 3.59. The monoisotopic (exact) mass is 338 g/mol. The van der Waals surface area contributed by atoms with Gasteiger partial charge in [0.2, 0.25) is 5.91 Å². The minimum atomic E-state index is -0.579. The number of anilines is 1. The predicted octanol–water partition coefficient (Wildman–Crippen LogP) is 1.89. The zero-order valence-electron chi connectivity index (χ0n) is 11.3. The van der Waals surface area contributed by atoms with Crippen LogP contribution in [0.25, 0.3) is 0 Å². The summed E-state index contributed by atoms with van der Waals surface area (Å²) in [6.07, 6.45) is 0.165. The highest BCUT2D eigenvalue weighted by atomic mass is 79.9. The lowest BCUT2D eigenvalue weighted by Crippen LogP contribution is -2.36. The largest absolute Gasteiger partial charge is 0.354 e. The molecular weight excluding hydrogens is 324 g/mol. The molecule has 6 heteroatoms. The lowest BCUT2D eigenvalue weighted by Gasteiger charge is -2.18. The second-order valence-corrected chi connectivity index (χ2v) is 5.75. The summed E-state index contributed by atoms with van der Waals surface area (Å²) in [6, 6.07) is 5.15. The molecule has 106 valence electrons. The van der Waals surface area contributed by atoms with Crippen LogP contribution in [0.3, 0.4) is 0 Å². The zero-order valence-corrected chi connectivity index (χ0v) is 12.9. The van der Waals surface area contributed by atoms with Gasteiger partial charge in [0.05, 0.1) is 11.3 Å². The van der Waals surface area contributed by atoms with Crippen molar-refractivity contribution in [1.29, 1.82) is 0 Å². The number of nitrogens with one attached hydrogen (secondary N) is 1. The maximum atomic E-state index is 12.0. The molecule has 20 heavy (non-hydrogen) atoms. The van der Waals surface area contributed by atoms with Gasteiger partial charge in [0.1, 0.15) is 0 Å². The van der Waals surface area contributed by atoms with Crippen LogP contribution in [-0.2, 0) is 9.59 Å². The van der Waals surface area contributed by atoms with Crippen LogP contribution >= 0.6 is 15.9 Å². The van der Waals surface area contributed by atoms with E-state index in [9.17, 15) is 14.4 Å². The molecule has 2 rings (SSSR count). The summed E-state index contributed by atoms with van der Waals surface area (Å²) in [5.41, 5.74) is 0.938. The zero-order chi connectivity index (χ0) is 14.9. The van der Waals surface area contributed by atoms with Crippen molar-refractivity contribution in [1.82, 2.24) is 5.32 Å². The quantitative estimate of drug-likeness (QED) is 0.852. The molecule has 1 heterocycles. The van der Waals surface area contributed by atoms with E-state index in [1.807, 2.05) is 13.8 Å². The Balaban J connectivity index is 2.16. The van der Waals surface area contributed by atoms with Crippen LogP contribution in [-0.4, -0.2) is 30.2 Å². The normalized spacial score (nSPS) is 13.9. The molecule has 0 saturated carbocycles. The van der Waals surface area contributed by atoms with Crippen molar-refractivity contribution >= 4 is 39.2 Å². The molecule has 1 aromatic carbocycles. The van der Waals surface area contributed by atoms with Gasteiger partial charge in [0.15, 0.2) is 0 Å². The van der Waals surface area contributed by atoms with Crippen LogP contribution in [0.4, 0.5) is 5.69 Å². The Morgan fingerprint density at radius 2 is 2.05 bits per heavy atom. The first kappa shape index (κ1) is 14.7. The number of carbonyl (C=O) groups excluding carboxylic acids is 3. The van der Waals surface area contributed by atoms with Crippen LogP contribution in [0.2, 0.25) is 0 Å². The third-order valence-electron chi connectivity index (χ3n) is 2.95. The lowest BCUT2D eigenvalue weighted by atomic mass is 10.1. The maximum absolute atomic E-state index is 12.0. The van der Waals surface area contributed by atoms with E-state index in [1.165, 1.54) is 4.90 Å². The number of benzene rings is 1. The van der Waals surface area contributed by atoms with Gasteiger partial charge < -0.3 is 10.2 Å². The first-order valence-electron chi connectivity index (χ1n) is 6.36. The van der Waals surface area contributed by atoms with Crippen molar-refractivity contribution in [3.05, 3.63) is 28.2 Å². The Morgan fingerprint density at radius 3 is 2.70 bits per heavy atom. The molecule has 0 aliphatic carbocycles. The van der Waals surface area contributed by atoms with E-state index in [0.717, 1.165) is 0 Å². The van der Waals surface area contributed by atoms with Crippen LogP contribution in [0.5, 0.6) is 0 Å². The summed E-state index contributed by atoms with van der Waals surface area (Å²) in [6.45, 7) is 3.93. The summed E-state index contributed by atoms with van der Waals surface area (Å²) >= 11 is 3.34. The topological polar surface area (TPSA) is 66.5 Å². The lowest BCUT2D eigenvalue weighted by molar-refractivity contribution is -0.121. The van der Waals surface area contributed by atoms with Crippen LogP contribution < -0.4 is 10.2 Å². The van der Waals surface area contributed by atoms with Gasteiger partial charge in [-0.2, -0.15) is 0 Å². The third kappa shape index (κ3) is 2.75. The highest BCUT2D eigenvalue weighted by Gasteiger charge is 2.37. The van der Waals surface area contributed by atoms with E-state index >= 15 is 0 Å². The summed E-state index contributed by atoms with van der Waals surface area (Å²) in [7, 11) is 0. The van der Waals surface area contributed by atoms with Crippen molar-refractivity contribution < 1.29 is 14.4 Å². The summed E-state index contributed by atoms with van der Waals surface area (Å²) in [4.78, 5) is 36.9. The number of Topliss-reactive ketones (excluding diaryl/α,β-unsaturated/α-hetero) is 1. The maximum Gasteiger partial charge on any atom is 0.299 e. The molecular formula is C14H15BrN2O3. The standard InChI is InChI=1S/C14H15BrN2O3/c1-8(2)16-11(18)6-7-17-12-9(13(19)14(17)20)4-3-5-10(12)15/h3-5,8H,6-7H2,1-2H3,(H,16,18). The molecule has 2 amide bonds. The number of fused-ring (bicyclic) bond motifs is 1. The average molecular weight is 339 g/mol. The Kier molecular flexibility index (Phi) is 4.23. The minimum absolute atomic E-state index is 0.0532. The molecule has 0 spiro atoms. The highest BCUT2D eigenvalue weighted by Crippen LogP contribution is 2.35. The number of rotatable bonds is 4. The van der Waals surface area contributed by atoms with Crippen LogP contribution in [0.15, 0.2) is 22.7 Å². The number of halogens is 1. The molecule has 1 N–H and O–H groups in total. The van der Waals surface area contributed by atoms with E-state index in [-0.39, 0.29) is 24.9 Å². The molecule has 0 saturated heterocycles. The Hall–Kier alpha value is -1.69. The van der Waals surface area contributed by atoms with Crippen LogP contribution in [0, 0.1) is 0 Å². The van der Waals surface area contributed by atoms with Gasteiger partial charge in [0, 0.05) is 23.5 Å². The van der Waals surface area contributed by atoms with E-state index in [2.05, 4.69) is 21.2 Å². The fourth-order valence-electron chi connectivity index (χ4n) is 2.13. The van der Waals surface area contributed by atoms with Gasteiger partial charge in [-0.25, -0.2) is 0 Å². The fraction of sp³-hybridized carbons (Fsp3) is 0.357. The molecule has 0 radical (unpaired) electrons. The average Bonchev–Trinajstić information content (AvgIpc) is 2.61. The molecule has 0 fully saturated rings. The highest BCUT2D eigenvalue weighted by molar-refractivity contribution is 9.10. The van der Waals surface area contributed by atoms with Crippen molar-refractivity contribution in [2.45, 2.75) is 26.3 Å². The van der Waals surface area contributed by atoms with E-state index in [0.29, 0.717) is 15.7 Å². The van der Waals surface area contributed by atoms with Crippen molar-refractivity contribution in [3.8, 4) is 0 Å². The van der Waals surface area contributed by atoms with Crippen molar-refractivity contribution in [2.75, 3.05) is 11.4 Å². The smallest absolute Gasteiger partial charge is 0.299 e. The molecule has 5 nitrogen and oxygen atoms in total. The predicted molar refractivity (Wildman–Crippen MR) is 78.7 cm³/mol. The van der Waals surface area contributed by atoms with Gasteiger partial charge in [0.25, 0.3) is 11.7 Å². The number of para-hydroxylation sites is 1. The van der Waals surface area contributed by atoms with Gasteiger partial charge in [-0.1, -0.05) is 6.07 Å². The molecule has 1 aliphatic rings. The van der Waals surface area contributed by atoms with Gasteiger partial charge in [-0.15, -0.1) is 0 Å². The molecule has 1 aliphatic heterocycles. The second-order valence-electron chi connectivity index (χ2n) is 4.89. The first-order chi connectivity index (χ1) is 9.41. The van der Waals surface area contributed by atoms with Crippen molar-refractivity contribution in [2.24, 2.45) is 0 Å². The van der Waals surface area contributed by atoms with Crippen LogP contribution in [0.1, 0.15) is 30.6 Å². The number of carbonyl (C=O) groups is 3. The summed E-state index contributed by atoms with van der Waals surface area (Å²) in [5, 5.41) is 2.76. The Labute approximate surface area is 125 Å². The first-order valence-corrected chi connectivity index (χ1v) is 7.15. The van der Waals surface area contributed by atoms with E-state index in [4.69, 9.17) is 0 Å². The number of nitrogens with zero attached hydrogens (tertiary/aromatic N) is 1. The number of hydrogen-bond acceptors (Lipinski definition) is 3. The second kappa shape index (κ2) is 5.75. The molecule has 0 atom stereocenters. The number of hydrogen-bond donors (Lipinski definition) is 1. The molecule has 0 bridgehead atoms. The SMILES string of the molecule is CC(C)NC(=O)CCN1C(=O)C(=O)c2cccc(Br)c21. The molecule has 0 unspecified atom stereocenters.